The zero-order valence-corrected chi connectivity index (χ0v) is 10.1. The maximum Gasteiger partial charge on any atom is 0.136 e. The molecule has 0 atom stereocenters. The third kappa shape index (κ3) is 1.68. The van der Waals surface area contributed by atoms with Crippen LogP contribution in [0.4, 0.5) is 0 Å². The van der Waals surface area contributed by atoms with E-state index in [1.807, 2.05) is 0 Å². The van der Waals surface area contributed by atoms with Crippen molar-refractivity contribution < 1.29 is 4.79 Å². The number of halogens is 2. The molecule has 1 aromatic rings. The molecular formula is C11H7BrClNO. The molecule has 0 unspecified atom stereocenters. The van der Waals surface area contributed by atoms with Gasteiger partial charge in [-0.25, -0.2) is 0 Å². The Balaban J connectivity index is 2.49. The van der Waals surface area contributed by atoms with Gasteiger partial charge in [0.2, 0.25) is 0 Å². The van der Waals surface area contributed by atoms with Crippen molar-refractivity contribution in [1.29, 1.82) is 5.26 Å². The second-order valence-electron chi connectivity index (χ2n) is 3.71. The van der Waals surface area contributed by atoms with Gasteiger partial charge in [-0.2, -0.15) is 5.26 Å². The van der Waals surface area contributed by atoms with Crippen molar-refractivity contribution in [2.45, 2.75) is 18.3 Å². The third-order valence-electron chi connectivity index (χ3n) is 2.66. The molecule has 0 saturated heterocycles. The van der Waals surface area contributed by atoms with E-state index in [-0.39, 0.29) is 5.78 Å². The summed E-state index contributed by atoms with van der Waals surface area (Å²) in [6, 6.07) is 7.53. The van der Waals surface area contributed by atoms with Crippen LogP contribution in [-0.2, 0) is 10.2 Å². The lowest BCUT2D eigenvalue weighted by Gasteiger charge is -2.34. The highest BCUT2D eigenvalue weighted by Gasteiger charge is 2.46. The lowest BCUT2D eigenvalue weighted by molar-refractivity contribution is -0.126. The first kappa shape index (κ1) is 10.7. The van der Waals surface area contributed by atoms with Crippen molar-refractivity contribution in [3.8, 4) is 6.07 Å². The first-order valence-electron chi connectivity index (χ1n) is 4.46. The number of rotatable bonds is 1. The molecular weight excluding hydrogens is 277 g/mol. The molecule has 1 aliphatic carbocycles. The topological polar surface area (TPSA) is 40.9 Å². The molecule has 1 fully saturated rings. The molecule has 76 valence electrons. The fourth-order valence-electron chi connectivity index (χ4n) is 1.82. The van der Waals surface area contributed by atoms with E-state index in [2.05, 4.69) is 22.0 Å². The van der Waals surface area contributed by atoms with Crippen molar-refractivity contribution >= 4 is 33.3 Å². The molecule has 2 rings (SSSR count). The summed E-state index contributed by atoms with van der Waals surface area (Å²) in [7, 11) is 0. The van der Waals surface area contributed by atoms with Crippen LogP contribution < -0.4 is 0 Å². The van der Waals surface area contributed by atoms with E-state index in [1.165, 1.54) is 0 Å². The van der Waals surface area contributed by atoms with Gasteiger partial charge in [0.05, 0.1) is 11.5 Å². The van der Waals surface area contributed by atoms with E-state index in [4.69, 9.17) is 16.9 Å². The molecule has 4 heteroatoms. The molecule has 1 aromatic carbocycles. The number of ketones is 1. The maximum atomic E-state index is 11.0. The van der Waals surface area contributed by atoms with Gasteiger partial charge in [0.1, 0.15) is 5.78 Å². The molecule has 0 aromatic heterocycles. The zero-order chi connectivity index (χ0) is 11.1. The number of hydrogen-bond donors (Lipinski definition) is 0. The number of carbonyl (C=O) groups excluding carboxylic acids is 1. The number of nitriles is 1. The van der Waals surface area contributed by atoms with Crippen molar-refractivity contribution in [1.82, 2.24) is 0 Å². The summed E-state index contributed by atoms with van der Waals surface area (Å²) in [5.41, 5.74) is 0.151. The summed E-state index contributed by atoms with van der Waals surface area (Å²) >= 11 is 9.26. The number of carbonyl (C=O) groups is 1. The van der Waals surface area contributed by atoms with Crippen molar-refractivity contribution in [3.05, 3.63) is 33.3 Å². The highest BCUT2D eigenvalue weighted by Crippen LogP contribution is 2.44. The lowest BCUT2D eigenvalue weighted by atomic mass is 9.65. The van der Waals surface area contributed by atoms with Crippen LogP contribution in [0.25, 0.3) is 0 Å². The molecule has 2 nitrogen and oxygen atoms in total. The van der Waals surface area contributed by atoms with Gasteiger partial charge >= 0.3 is 0 Å². The maximum absolute atomic E-state index is 11.0. The van der Waals surface area contributed by atoms with Crippen LogP contribution in [0.1, 0.15) is 18.4 Å². The summed E-state index contributed by atoms with van der Waals surface area (Å²) < 4.78 is 0.834. The minimum absolute atomic E-state index is 0.128. The van der Waals surface area contributed by atoms with Crippen molar-refractivity contribution in [2.75, 3.05) is 0 Å². The highest BCUT2D eigenvalue weighted by atomic mass is 79.9. The normalized spacial score (nSPS) is 18.1. The Bertz CT molecular complexity index is 470. The van der Waals surface area contributed by atoms with Gasteiger partial charge in [-0.1, -0.05) is 27.5 Å². The predicted octanol–water partition coefficient (Wildman–Crippen LogP) is 3.23. The Morgan fingerprint density at radius 1 is 1.47 bits per heavy atom. The van der Waals surface area contributed by atoms with Crippen molar-refractivity contribution in [2.24, 2.45) is 0 Å². The molecule has 0 heterocycles. The average molecular weight is 285 g/mol. The van der Waals surface area contributed by atoms with Gasteiger partial charge in [0.25, 0.3) is 0 Å². The van der Waals surface area contributed by atoms with Crippen LogP contribution in [0, 0.1) is 11.3 Å². The van der Waals surface area contributed by atoms with Gasteiger partial charge < -0.3 is 0 Å². The molecule has 0 bridgehead atoms. The number of benzene rings is 1. The van der Waals surface area contributed by atoms with Crippen LogP contribution in [0.15, 0.2) is 22.7 Å². The number of Topliss-reactive ketones (excluding diaryl/α,β-unsaturated/α-hetero) is 1. The molecule has 1 aliphatic rings. The Hall–Kier alpha value is -0.850. The van der Waals surface area contributed by atoms with E-state index < -0.39 is 5.41 Å². The number of hydrogen-bond acceptors (Lipinski definition) is 2. The Morgan fingerprint density at radius 2 is 2.13 bits per heavy atom. The second-order valence-corrected chi connectivity index (χ2v) is 5.00. The van der Waals surface area contributed by atoms with Gasteiger partial charge in [0.15, 0.2) is 0 Å². The molecule has 0 radical (unpaired) electrons. The highest BCUT2D eigenvalue weighted by molar-refractivity contribution is 9.10. The summed E-state index contributed by atoms with van der Waals surface area (Å²) in [6.45, 7) is 0. The van der Waals surface area contributed by atoms with E-state index in [1.54, 1.807) is 18.2 Å². The lowest BCUT2D eigenvalue weighted by Crippen LogP contribution is -2.40. The van der Waals surface area contributed by atoms with Crippen LogP contribution in [0.2, 0.25) is 5.02 Å². The Labute approximate surface area is 101 Å². The summed E-state index contributed by atoms with van der Waals surface area (Å²) in [4.78, 5) is 11.0. The van der Waals surface area contributed by atoms with Gasteiger partial charge in [-0.3, -0.25) is 4.79 Å². The monoisotopic (exact) mass is 283 g/mol. The van der Waals surface area contributed by atoms with E-state index in [0.29, 0.717) is 17.9 Å². The van der Waals surface area contributed by atoms with E-state index in [9.17, 15) is 4.79 Å². The van der Waals surface area contributed by atoms with Gasteiger partial charge in [-0.15, -0.1) is 0 Å². The zero-order valence-electron chi connectivity index (χ0n) is 7.76. The first-order chi connectivity index (χ1) is 7.07. The fraction of sp³-hybridized carbons (Fsp3) is 0.273. The Kier molecular flexibility index (Phi) is 2.57. The average Bonchev–Trinajstić information content (AvgIpc) is 2.17. The summed E-state index contributed by atoms with van der Waals surface area (Å²) in [5, 5.41) is 9.74. The van der Waals surface area contributed by atoms with Gasteiger partial charge in [-0.05, 0) is 23.8 Å². The smallest absolute Gasteiger partial charge is 0.136 e. The summed E-state index contributed by atoms with van der Waals surface area (Å²) in [5.74, 6) is 0.128. The fourth-order valence-corrected chi connectivity index (χ4v) is 2.61. The van der Waals surface area contributed by atoms with Crippen LogP contribution in [0.5, 0.6) is 0 Å². The largest absolute Gasteiger partial charge is 0.300 e. The first-order valence-corrected chi connectivity index (χ1v) is 5.63. The van der Waals surface area contributed by atoms with Gasteiger partial charge in [0, 0.05) is 22.3 Å². The molecule has 15 heavy (non-hydrogen) atoms. The van der Waals surface area contributed by atoms with Crippen LogP contribution in [-0.4, -0.2) is 5.78 Å². The molecule has 0 aliphatic heterocycles. The van der Waals surface area contributed by atoms with Crippen LogP contribution in [0.3, 0.4) is 0 Å². The van der Waals surface area contributed by atoms with E-state index >= 15 is 0 Å². The SMILES string of the molecule is N#CC1(c2cc(Cl)ccc2Br)CC(=O)C1. The second kappa shape index (κ2) is 3.62. The van der Waals surface area contributed by atoms with Crippen LogP contribution >= 0.6 is 27.5 Å². The minimum Gasteiger partial charge on any atom is -0.300 e. The van der Waals surface area contributed by atoms with Crippen molar-refractivity contribution in [3.63, 3.8) is 0 Å². The predicted molar refractivity (Wildman–Crippen MR) is 60.7 cm³/mol. The van der Waals surface area contributed by atoms with E-state index in [0.717, 1.165) is 10.0 Å². The minimum atomic E-state index is -0.666. The molecule has 0 amide bonds. The Morgan fingerprint density at radius 3 is 2.67 bits per heavy atom. The molecule has 0 spiro atoms. The third-order valence-corrected chi connectivity index (χ3v) is 3.58. The quantitative estimate of drug-likeness (QED) is 0.794. The standard InChI is InChI=1S/C11H7BrClNO/c12-10-2-1-7(13)3-9(10)11(6-14)4-8(15)5-11/h1-3H,4-5H2. The molecule has 1 saturated carbocycles. The summed E-state index contributed by atoms with van der Waals surface area (Å²) in [6.07, 6.45) is 0.588. The number of nitrogens with zero attached hydrogens (tertiary/aromatic N) is 1. The molecule has 0 N–H and O–H groups in total.